The van der Waals surface area contributed by atoms with E-state index < -0.39 is 29.6 Å². The van der Waals surface area contributed by atoms with Gasteiger partial charge in [0.1, 0.15) is 11.6 Å². The lowest BCUT2D eigenvalue weighted by molar-refractivity contribution is -0.144. The number of ether oxygens (including phenoxy) is 1. The van der Waals surface area contributed by atoms with Crippen LogP contribution in [0.25, 0.3) is 10.8 Å². The Kier molecular flexibility index (Phi) is 8.02. The van der Waals surface area contributed by atoms with Crippen LogP contribution in [0.2, 0.25) is 0 Å². The molecule has 1 spiro atoms. The summed E-state index contributed by atoms with van der Waals surface area (Å²) in [5.74, 6) is -2.06. The monoisotopic (exact) mass is 605 g/mol. The molecule has 4 heterocycles. The quantitative estimate of drug-likeness (QED) is 0.287. The van der Waals surface area contributed by atoms with Gasteiger partial charge < -0.3 is 24.5 Å². The van der Waals surface area contributed by atoms with Crippen LogP contribution in [-0.2, 0) is 25.7 Å². The molecule has 3 aromatic rings. The second kappa shape index (κ2) is 12.3. The summed E-state index contributed by atoms with van der Waals surface area (Å²) in [6.45, 7) is 1.72. The first kappa shape index (κ1) is 29.4. The van der Waals surface area contributed by atoms with Crippen molar-refractivity contribution in [3.8, 4) is 0 Å². The van der Waals surface area contributed by atoms with Crippen LogP contribution in [0.4, 0.5) is 5.69 Å². The number of hydrogen-bond donors (Lipinski definition) is 1. The average Bonchev–Trinajstić information content (AvgIpc) is 3.37. The number of amides is 3. The van der Waals surface area contributed by atoms with Crippen LogP contribution >= 0.6 is 0 Å². The van der Waals surface area contributed by atoms with Crippen molar-refractivity contribution in [3.63, 3.8) is 0 Å². The van der Waals surface area contributed by atoms with Crippen LogP contribution in [0.5, 0.6) is 0 Å². The van der Waals surface area contributed by atoms with E-state index in [-0.39, 0.29) is 24.3 Å². The van der Waals surface area contributed by atoms with Gasteiger partial charge in [-0.15, -0.1) is 0 Å². The smallest absolute Gasteiger partial charge is 0.253 e. The maximum atomic E-state index is 14.7. The number of benzene rings is 3. The average molecular weight is 606 g/mol. The van der Waals surface area contributed by atoms with Crippen molar-refractivity contribution < 1.29 is 24.2 Å². The number of unbranched alkanes of at least 4 members (excludes halogenated alkanes) is 3. The Morgan fingerprint density at radius 1 is 0.800 bits per heavy atom. The first-order valence-corrected chi connectivity index (χ1v) is 16.1. The third-order valence-corrected chi connectivity index (χ3v) is 9.81. The number of carbonyl (C=O) groups is 3. The molecule has 3 amide bonds. The highest BCUT2D eigenvalue weighted by Crippen LogP contribution is 2.53. The van der Waals surface area contributed by atoms with E-state index >= 15 is 0 Å². The van der Waals surface area contributed by atoms with Crippen LogP contribution in [-0.4, -0.2) is 76.6 Å². The zero-order valence-electron chi connectivity index (χ0n) is 25.3. The highest BCUT2D eigenvalue weighted by molar-refractivity contribution is 6.06. The molecule has 1 N–H and O–H groups in total. The predicted octanol–water partition coefficient (Wildman–Crippen LogP) is 4.47. The lowest BCUT2D eigenvalue weighted by atomic mass is 9.77. The number of carbonyl (C=O) groups excluding carboxylic acids is 3. The SMILES string of the molecule is O=C1[C@@H]2[C@H]3C(=O)N(CCCCCCO)C4C(=O)N(c5ccc6ccccc6c5)CC=C[C@@]43O[C@@H]2C=CCN1Cc1ccccc1. The van der Waals surface area contributed by atoms with E-state index in [1.54, 1.807) is 14.7 Å². The molecule has 0 radical (unpaired) electrons. The summed E-state index contributed by atoms with van der Waals surface area (Å²) in [6.07, 6.45) is 10.2. The zero-order chi connectivity index (χ0) is 31.0. The van der Waals surface area contributed by atoms with Crippen LogP contribution in [0, 0.1) is 11.8 Å². The third kappa shape index (κ3) is 5.16. The number of anilines is 1. The van der Waals surface area contributed by atoms with E-state index in [4.69, 9.17) is 4.74 Å². The first-order chi connectivity index (χ1) is 22.0. The molecular weight excluding hydrogens is 566 g/mol. The molecule has 45 heavy (non-hydrogen) atoms. The summed E-state index contributed by atoms with van der Waals surface area (Å²) in [4.78, 5) is 48.8. The van der Waals surface area contributed by atoms with Gasteiger partial charge in [0.15, 0.2) is 0 Å². The highest BCUT2D eigenvalue weighted by Gasteiger charge is 2.71. The van der Waals surface area contributed by atoms with Crippen molar-refractivity contribution in [2.45, 2.75) is 50.0 Å². The molecule has 232 valence electrons. The Bertz CT molecular complexity index is 1650. The van der Waals surface area contributed by atoms with Gasteiger partial charge in [0, 0.05) is 38.5 Å². The lowest BCUT2D eigenvalue weighted by Crippen LogP contribution is -2.55. The van der Waals surface area contributed by atoms with E-state index in [0.717, 1.165) is 34.9 Å². The number of fused-ring (bicyclic) bond motifs is 3. The van der Waals surface area contributed by atoms with Gasteiger partial charge >= 0.3 is 0 Å². The summed E-state index contributed by atoms with van der Waals surface area (Å²) >= 11 is 0. The molecule has 8 heteroatoms. The van der Waals surface area contributed by atoms with E-state index in [1.165, 1.54) is 0 Å². The molecule has 2 saturated heterocycles. The van der Waals surface area contributed by atoms with Crippen LogP contribution in [0.15, 0.2) is 97.1 Å². The van der Waals surface area contributed by atoms with Gasteiger partial charge in [-0.1, -0.05) is 97.8 Å². The molecule has 0 aromatic heterocycles. The zero-order valence-corrected chi connectivity index (χ0v) is 25.3. The fourth-order valence-corrected chi connectivity index (χ4v) is 7.70. The molecule has 4 aliphatic rings. The Morgan fingerprint density at radius 2 is 1.58 bits per heavy atom. The summed E-state index contributed by atoms with van der Waals surface area (Å²) in [5.41, 5.74) is 0.522. The number of likely N-dealkylation sites (tertiary alicyclic amines) is 1. The normalized spacial score (nSPS) is 27.5. The molecule has 4 aliphatic heterocycles. The Hall–Kier alpha value is -4.27. The molecule has 5 atom stereocenters. The molecular formula is C37H39N3O5. The van der Waals surface area contributed by atoms with Gasteiger partial charge in [-0.05, 0) is 41.3 Å². The van der Waals surface area contributed by atoms with Crippen LogP contribution in [0.3, 0.4) is 0 Å². The van der Waals surface area contributed by atoms with Gasteiger partial charge in [-0.25, -0.2) is 0 Å². The van der Waals surface area contributed by atoms with Crippen molar-refractivity contribution in [3.05, 3.63) is 103 Å². The minimum absolute atomic E-state index is 0.121. The first-order valence-electron chi connectivity index (χ1n) is 16.1. The van der Waals surface area contributed by atoms with Gasteiger partial charge in [0.25, 0.3) is 5.91 Å². The van der Waals surface area contributed by atoms with Gasteiger partial charge in [-0.2, -0.15) is 0 Å². The summed E-state index contributed by atoms with van der Waals surface area (Å²) in [6, 6.07) is 23.0. The largest absolute Gasteiger partial charge is 0.396 e. The molecule has 8 nitrogen and oxygen atoms in total. The molecule has 0 saturated carbocycles. The van der Waals surface area contributed by atoms with Crippen molar-refractivity contribution in [2.24, 2.45) is 11.8 Å². The van der Waals surface area contributed by atoms with E-state index in [2.05, 4.69) is 0 Å². The fourth-order valence-electron chi connectivity index (χ4n) is 7.70. The molecule has 1 unspecified atom stereocenters. The van der Waals surface area contributed by atoms with Crippen molar-refractivity contribution >= 4 is 34.2 Å². The molecule has 0 bridgehead atoms. The topological polar surface area (TPSA) is 90.4 Å². The number of rotatable bonds is 9. The van der Waals surface area contributed by atoms with E-state index in [1.807, 2.05) is 97.1 Å². The van der Waals surface area contributed by atoms with Crippen molar-refractivity contribution in [2.75, 3.05) is 31.1 Å². The second-order valence-electron chi connectivity index (χ2n) is 12.5. The fraction of sp³-hybridized carbons (Fsp3) is 0.378. The molecule has 2 fully saturated rings. The maximum absolute atomic E-state index is 14.7. The number of nitrogens with zero attached hydrogens (tertiary/aromatic N) is 3. The Balaban J connectivity index is 1.25. The second-order valence-corrected chi connectivity index (χ2v) is 12.5. The molecule has 0 aliphatic carbocycles. The number of aliphatic hydroxyl groups is 1. The predicted molar refractivity (Wildman–Crippen MR) is 172 cm³/mol. The van der Waals surface area contributed by atoms with Crippen LogP contribution in [0.1, 0.15) is 31.2 Å². The van der Waals surface area contributed by atoms with Gasteiger partial charge in [0.2, 0.25) is 11.8 Å². The molecule has 7 rings (SSSR count). The van der Waals surface area contributed by atoms with Gasteiger partial charge in [0.05, 0.1) is 17.9 Å². The van der Waals surface area contributed by atoms with Gasteiger partial charge in [-0.3, -0.25) is 14.4 Å². The Labute approximate surface area is 263 Å². The van der Waals surface area contributed by atoms with Crippen molar-refractivity contribution in [1.29, 1.82) is 0 Å². The summed E-state index contributed by atoms with van der Waals surface area (Å²) in [5, 5.41) is 11.4. The standard InChI is InChI=1S/C37H39N3O5/c41-23-9-2-1-8-21-40-33-36(44)39(29-18-17-27-14-6-7-15-28(27)24-29)22-11-19-37(33)32(35(40)43)31-30(45-37)16-10-20-38(34(31)42)25-26-12-4-3-5-13-26/h3-7,10-19,24,30-33,41H,1-2,8-9,20-23,25H2/t30-,31+,32+,33?,37+/m1/s1. The van der Waals surface area contributed by atoms with Crippen molar-refractivity contribution in [1.82, 2.24) is 9.80 Å². The summed E-state index contributed by atoms with van der Waals surface area (Å²) in [7, 11) is 0. The highest BCUT2D eigenvalue weighted by atomic mass is 16.5. The lowest BCUT2D eigenvalue weighted by Gasteiger charge is -2.35. The third-order valence-electron chi connectivity index (χ3n) is 9.81. The van der Waals surface area contributed by atoms with Crippen LogP contribution < -0.4 is 4.90 Å². The minimum Gasteiger partial charge on any atom is -0.396 e. The number of hydrogen-bond acceptors (Lipinski definition) is 5. The summed E-state index contributed by atoms with van der Waals surface area (Å²) < 4.78 is 6.82. The number of aliphatic hydroxyl groups excluding tert-OH is 1. The van der Waals surface area contributed by atoms with E-state index in [0.29, 0.717) is 39.0 Å². The maximum Gasteiger partial charge on any atom is 0.253 e. The molecule has 3 aromatic carbocycles. The Morgan fingerprint density at radius 3 is 2.40 bits per heavy atom. The minimum atomic E-state index is -1.25. The van der Waals surface area contributed by atoms with E-state index in [9.17, 15) is 19.5 Å².